The molecule has 0 atom stereocenters. The average molecular weight is 326 g/mol. The van der Waals surface area contributed by atoms with Crippen LogP contribution in [0.1, 0.15) is 43.7 Å². The molecule has 4 nitrogen and oxygen atoms in total. The maximum Gasteiger partial charge on any atom is 0.243 e. The molecule has 1 aliphatic carbocycles. The van der Waals surface area contributed by atoms with Crippen LogP contribution < -0.4 is 5.73 Å². The summed E-state index contributed by atoms with van der Waals surface area (Å²) in [5.74, 6) is 0. The number of sulfonamides is 1. The average Bonchev–Trinajstić information content (AvgIpc) is 3.23. The number of hydrogen-bond acceptors (Lipinski definition) is 3. The Kier molecular flexibility index (Phi) is 5.01. The molecular weight excluding hydrogens is 304 g/mol. The molecule has 0 aliphatic heterocycles. The van der Waals surface area contributed by atoms with Crippen LogP contribution in [0.2, 0.25) is 0 Å². The summed E-state index contributed by atoms with van der Waals surface area (Å²) >= 11 is 4.94. The highest BCUT2D eigenvalue weighted by Crippen LogP contribution is 2.33. The lowest BCUT2D eigenvalue weighted by Crippen LogP contribution is -2.34. The highest BCUT2D eigenvalue weighted by molar-refractivity contribution is 7.89. The molecule has 0 spiro atoms. The second-order valence-electron chi connectivity index (χ2n) is 5.55. The van der Waals surface area contributed by atoms with E-state index in [2.05, 4.69) is 6.92 Å². The van der Waals surface area contributed by atoms with Gasteiger partial charge in [0.15, 0.2) is 0 Å². The van der Waals surface area contributed by atoms with Crippen molar-refractivity contribution in [3.05, 3.63) is 29.3 Å². The molecule has 0 saturated heterocycles. The lowest BCUT2D eigenvalue weighted by Gasteiger charge is -2.23. The van der Waals surface area contributed by atoms with Gasteiger partial charge in [-0.05, 0) is 43.9 Å². The summed E-state index contributed by atoms with van der Waals surface area (Å²) in [5.41, 5.74) is 7.00. The van der Waals surface area contributed by atoms with E-state index < -0.39 is 10.0 Å². The van der Waals surface area contributed by atoms with Crippen LogP contribution in [0.25, 0.3) is 0 Å². The third kappa shape index (κ3) is 3.62. The van der Waals surface area contributed by atoms with E-state index in [1.54, 1.807) is 29.4 Å². The highest BCUT2D eigenvalue weighted by Gasteiger charge is 2.38. The Hall–Kier alpha value is -0.980. The fourth-order valence-electron chi connectivity index (χ4n) is 2.39. The number of rotatable bonds is 7. The maximum atomic E-state index is 12.9. The Bertz CT molecular complexity index is 637. The molecule has 1 aliphatic rings. The molecule has 1 fully saturated rings. The van der Waals surface area contributed by atoms with Crippen molar-refractivity contribution < 1.29 is 8.42 Å². The molecule has 2 rings (SSSR count). The normalized spacial score (nSPS) is 15.4. The SMILES string of the molecule is CCCCN(C1CC1)S(=O)(=O)c1ccc(C(N)=S)cc1C. The third-order valence-corrected chi connectivity index (χ3v) is 6.08. The van der Waals surface area contributed by atoms with Gasteiger partial charge < -0.3 is 5.73 Å². The Balaban J connectivity index is 2.35. The number of unbranched alkanes of at least 4 members (excludes halogenated alkanes) is 1. The van der Waals surface area contributed by atoms with Gasteiger partial charge in [0.25, 0.3) is 0 Å². The first-order valence-electron chi connectivity index (χ1n) is 7.30. The van der Waals surface area contributed by atoms with Crippen molar-refractivity contribution >= 4 is 27.2 Å². The van der Waals surface area contributed by atoms with Gasteiger partial charge in [0.2, 0.25) is 10.0 Å². The number of nitrogens with zero attached hydrogens (tertiary/aromatic N) is 1. The van der Waals surface area contributed by atoms with E-state index in [-0.39, 0.29) is 11.0 Å². The number of hydrogen-bond donors (Lipinski definition) is 1. The van der Waals surface area contributed by atoms with E-state index in [1.165, 1.54) is 0 Å². The molecule has 0 heterocycles. The van der Waals surface area contributed by atoms with Crippen LogP contribution in [0, 0.1) is 6.92 Å². The lowest BCUT2D eigenvalue weighted by molar-refractivity contribution is 0.395. The van der Waals surface area contributed by atoms with Gasteiger partial charge in [-0.1, -0.05) is 31.6 Å². The van der Waals surface area contributed by atoms with E-state index in [0.29, 0.717) is 22.6 Å². The standard InChI is InChI=1S/C15H22N2O2S2/c1-3-4-9-17(13-6-7-13)21(18,19)14-8-5-12(15(16)20)10-11(14)2/h5,8,10,13H,3-4,6-7,9H2,1-2H3,(H2,16,20). The van der Waals surface area contributed by atoms with Gasteiger partial charge in [0.05, 0.1) is 4.90 Å². The summed E-state index contributed by atoms with van der Waals surface area (Å²) in [6.07, 6.45) is 3.80. The number of nitrogens with two attached hydrogens (primary N) is 1. The number of aryl methyl sites for hydroxylation is 1. The van der Waals surface area contributed by atoms with Crippen molar-refractivity contribution in [2.45, 2.75) is 50.5 Å². The lowest BCUT2D eigenvalue weighted by atomic mass is 10.1. The van der Waals surface area contributed by atoms with Gasteiger partial charge in [0, 0.05) is 18.2 Å². The topological polar surface area (TPSA) is 63.4 Å². The summed E-state index contributed by atoms with van der Waals surface area (Å²) in [6, 6.07) is 5.24. The van der Waals surface area contributed by atoms with Crippen molar-refractivity contribution in [3.63, 3.8) is 0 Å². The van der Waals surface area contributed by atoms with Gasteiger partial charge in [-0.15, -0.1) is 0 Å². The van der Waals surface area contributed by atoms with Crippen LogP contribution in [0.4, 0.5) is 0 Å². The Morgan fingerprint density at radius 2 is 2.10 bits per heavy atom. The van der Waals surface area contributed by atoms with Crippen molar-refractivity contribution in [1.29, 1.82) is 0 Å². The molecule has 1 aromatic carbocycles. The fraction of sp³-hybridized carbons (Fsp3) is 0.533. The second-order valence-corrected chi connectivity index (χ2v) is 7.84. The van der Waals surface area contributed by atoms with Crippen LogP contribution in [0.5, 0.6) is 0 Å². The molecule has 1 aromatic rings. The van der Waals surface area contributed by atoms with Crippen molar-refractivity contribution in [1.82, 2.24) is 4.31 Å². The van der Waals surface area contributed by atoms with Crippen molar-refractivity contribution in [3.8, 4) is 0 Å². The molecule has 21 heavy (non-hydrogen) atoms. The zero-order valence-electron chi connectivity index (χ0n) is 12.5. The zero-order valence-corrected chi connectivity index (χ0v) is 14.1. The van der Waals surface area contributed by atoms with Gasteiger partial charge in [-0.2, -0.15) is 4.31 Å². The summed E-state index contributed by atoms with van der Waals surface area (Å²) < 4.78 is 27.4. The van der Waals surface area contributed by atoms with Gasteiger partial charge in [-0.3, -0.25) is 0 Å². The van der Waals surface area contributed by atoms with Crippen LogP contribution >= 0.6 is 12.2 Å². The number of thiocarbonyl (C=S) groups is 1. The van der Waals surface area contributed by atoms with Crippen molar-refractivity contribution in [2.24, 2.45) is 5.73 Å². The largest absolute Gasteiger partial charge is 0.389 e. The quantitative estimate of drug-likeness (QED) is 0.782. The molecule has 0 radical (unpaired) electrons. The predicted molar refractivity (Wildman–Crippen MR) is 88.9 cm³/mol. The maximum absolute atomic E-state index is 12.9. The zero-order chi connectivity index (χ0) is 15.6. The third-order valence-electron chi connectivity index (χ3n) is 3.73. The van der Waals surface area contributed by atoms with Gasteiger partial charge in [0.1, 0.15) is 4.99 Å². The van der Waals surface area contributed by atoms with Crippen molar-refractivity contribution in [2.75, 3.05) is 6.54 Å². The molecular formula is C15H22N2O2S2. The highest BCUT2D eigenvalue weighted by atomic mass is 32.2. The molecule has 0 unspecified atom stereocenters. The van der Waals surface area contributed by atoms with Crippen LogP contribution in [0.15, 0.2) is 23.1 Å². The second kappa shape index (κ2) is 6.42. The minimum Gasteiger partial charge on any atom is -0.389 e. The van der Waals surface area contributed by atoms with Crippen LogP contribution in [0.3, 0.4) is 0 Å². The molecule has 0 aromatic heterocycles. The Morgan fingerprint density at radius 3 is 2.57 bits per heavy atom. The number of benzene rings is 1. The molecule has 0 bridgehead atoms. The molecule has 2 N–H and O–H groups in total. The Morgan fingerprint density at radius 1 is 1.43 bits per heavy atom. The van der Waals surface area contributed by atoms with Gasteiger partial charge >= 0.3 is 0 Å². The van der Waals surface area contributed by atoms with Gasteiger partial charge in [-0.25, -0.2) is 8.42 Å². The summed E-state index contributed by atoms with van der Waals surface area (Å²) in [4.78, 5) is 0.651. The molecule has 1 saturated carbocycles. The summed E-state index contributed by atoms with van der Waals surface area (Å²) in [7, 11) is -3.43. The van der Waals surface area contributed by atoms with E-state index in [9.17, 15) is 8.42 Å². The van der Waals surface area contributed by atoms with E-state index in [1.807, 2.05) is 0 Å². The summed E-state index contributed by atoms with van der Waals surface area (Å²) in [6.45, 7) is 4.46. The van der Waals surface area contributed by atoms with Crippen LogP contribution in [-0.2, 0) is 10.0 Å². The first-order valence-corrected chi connectivity index (χ1v) is 9.15. The molecule has 116 valence electrons. The molecule has 0 amide bonds. The first kappa shape index (κ1) is 16.4. The first-order chi connectivity index (χ1) is 9.87. The van der Waals surface area contributed by atoms with E-state index in [4.69, 9.17) is 18.0 Å². The summed E-state index contributed by atoms with van der Waals surface area (Å²) in [5, 5.41) is 0. The molecule has 6 heteroatoms. The monoisotopic (exact) mass is 326 g/mol. The van der Waals surface area contributed by atoms with E-state index >= 15 is 0 Å². The minimum atomic E-state index is -3.43. The van der Waals surface area contributed by atoms with E-state index in [0.717, 1.165) is 25.7 Å². The van der Waals surface area contributed by atoms with Crippen LogP contribution in [-0.4, -0.2) is 30.3 Å². The Labute approximate surface area is 132 Å². The smallest absolute Gasteiger partial charge is 0.243 e. The minimum absolute atomic E-state index is 0.177. The fourth-order valence-corrected chi connectivity index (χ4v) is 4.45. The predicted octanol–water partition coefficient (Wildman–Crippen LogP) is 2.58.